The molecule has 110 valence electrons. The minimum atomic E-state index is -0.0356. The van der Waals surface area contributed by atoms with Gasteiger partial charge in [0.05, 0.1) is 5.60 Å². The zero-order valence-electron chi connectivity index (χ0n) is 12.6. The Morgan fingerprint density at radius 3 is 2.95 bits per heavy atom. The van der Waals surface area contributed by atoms with E-state index in [4.69, 9.17) is 4.74 Å². The molecule has 1 saturated heterocycles. The summed E-state index contributed by atoms with van der Waals surface area (Å²) in [6.07, 6.45) is 6.95. The predicted molar refractivity (Wildman–Crippen MR) is 81.0 cm³/mol. The van der Waals surface area contributed by atoms with Crippen LogP contribution in [0.5, 0.6) is 0 Å². The zero-order chi connectivity index (χ0) is 14.0. The van der Waals surface area contributed by atoms with Crippen LogP contribution >= 0.6 is 0 Å². The Morgan fingerprint density at radius 1 is 1.45 bits per heavy atom. The van der Waals surface area contributed by atoms with Crippen molar-refractivity contribution in [3.63, 3.8) is 0 Å². The van der Waals surface area contributed by atoms with Gasteiger partial charge in [-0.05, 0) is 44.2 Å². The molecule has 1 atom stereocenters. The van der Waals surface area contributed by atoms with Gasteiger partial charge in [-0.2, -0.15) is 0 Å². The third kappa shape index (κ3) is 3.30. The molecule has 1 aromatic heterocycles. The quantitative estimate of drug-likeness (QED) is 0.895. The van der Waals surface area contributed by atoms with Crippen LogP contribution in [0.3, 0.4) is 0 Å². The van der Waals surface area contributed by atoms with Crippen LogP contribution in [0.2, 0.25) is 0 Å². The summed E-state index contributed by atoms with van der Waals surface area (Å²) in [7, 11) is 1.81. The fourth-order valence-electron chi connectivity index (χ4n) is 2.83. The van der Waals surface area contributed by atoms with Crippen LogP contribution in [0.15, 0.2) is 18.3 Å². The van der Waals surface area contributed by atoms with E-state index in [9.17, 15) is 0 Å². The van der Waals surface area contributed by atoms with E-state index in [2.05, 4.69) is 34.3 Å². The van der Waals surface area contributed by atoms with Gasteiger partial charge < -0.3 is 15.0 Å². The maximum atomic E-state index is 5.65. The summed E-state index contributed by atoms with van der Waals surface area (Å²) in [5.41, 5.74) is 1.23. The molecule has 4 nitrogen and oxygen atoms in total. The van der Waals surface area contributed by atoms with Gasteiger partial charge in [-0.1, -0.05) is 6.07 Å². The van der Waals surface area contributed by atoms with Crippen LogP contribution in [-0.2, 0) is 11.3 Å². The maximum Gasteiger partial charge on any atom is 0.128 e. The second kappa shape index (κ2) is 5.70. The van der Waals surface area contributed by atoms with Crippen molar-refractivity contribution in [3.05, 3.63) is 23.9 Å². The normalized spacial score (nSPS) is 26.8. The fourth-order valence-corrected chi connectivity index (χ4v) is 2.83. The van der Waals surface area contributed by atoms with E-state index in [0.717, 1.165) is 44.3 Å². The number of nitrogens with zero attached hydrogens (tertiary/aromatic N) is 2. The molecule has 1 aliphatic carbocycles. The van der Waals surface area contributed by atoms with E-state index >= 15 is 0 Å². The van der Waals surface area contributed by atoms with Crippen LogP contribution in [0.4, 0.5) is 5.82 Å². The molecule has 3 rings (SSSR count). The highest BCUT2D eigenvalue weighted by atomic mass is 16.5. The van der Waals surface area contributed by atoms with Gasteiger partial charge in [0.25, 0.3) is 0 Å². The number of hydrogen-bond donors (Lipinski definition) is 1. The van der Waals surface area contributed by atoms with Crippen LogP contribution in [0, 0.1) is 0 Å². The van der Waals surface area contributed by atoms with Crippen molar-refractivity contribution in [2.45, 2.75) is 50.8 Å². The standard InChI is InChI=1S/C16H25N3O/c1-16(20-2)8-3-9-19(12-16)15-7-4-13(11-18-15)10-17-14-5-6-14/h4,7,11,14,17H,3,5-6,8-10,12H2,1-2H3. The van der Waals surface area contributed by atoms with Gasteiger partial charge in [-0.25, -0.2) is 4.98 Å². The molecule has 0 spiro atoms. The van der Waals surface area contributed by atoms with E-state index in [1.807, 2.05) is 13.3 Å². The minimum Gasteiger partial charge on any atom is -0.377 e. The lowest BCUT2D eigenvalue weighted by atomic mass is 9.95. The van der Waals surface area contributed by atoms with Crippen molar-refractivity contribution in [1.82, 2.24) is 10.3 Å². The van der Waals surface area contributed by atoms with Gasteiger partial charge >= 0.3 is 0 Å². The first-order valence-corrected chi connectivity index (χ1v) is 7.67. The van der Waals surface area contributed by atoms with Gasteiger partial charge in [0, 0.05) is 39.0 Å². The molecule has 1 saturated carbocycles. The molecule has 0 aromatic carbocycles. The summed E-state index contributed by atoms with van der Waals surface area (Å²) in [4.78, 5) is 6.97. The summed E-state index contributed by atoms with van der Waals surface area (Å²) in [6.45, 7) is 5.13. The summed E-state index contributed by atoms with van der Waals surface area (Å²) >= 11 is 0. The Bertz CT molecular complexity index is 444. The molecule has 2 fully saturated rings. The Kier molecular flexibility index (Phi) is 3.94. The van der Waals surface area contributed by atoms with Crippen molar-refractivity contribution >= 4 is 5.82 Å². The monoisotopic (exact) mass is 275 g/mol. The van der Waals surface area contributed by atoms with E-state index in [0.29, 0.717) is 0 Å². The highest BCUT2D eigenvalue weighted by molar-refractivity contribution is 5.40. The molecule has 0 radical (unpaired) electrons. The van der Waals surface area contributed by atoms with E-state index in [1.54, 1.807) is 0 Å². The number of hydrogen-bond acceptors (Lipinski definition) is 4. The van der Waals surface area contributed by atoms with Gasteiger partial charge in [-0.15, -0.1) is 0 Å². The highest BCUT2D eigenvalue weighted by Crippen LogP contribution is 2.27. The van der Waals surface area contributed by atoms with Crippen molar-refractivity contribution in [2.75, 3.05) is 25.1 Å². The smallest absolute Gasteiger partial charge is 0.128 e. The van der Waals surface area contributed by atoms with E-state index < -0.39 is 0 Å². The largest absolute Gasteiger partial charge is 0.377 e. The first-order chi connectivity index (χ1) is 9.68. The Hall–Kier alpha value is -1.13. The topological polar surface area (TPSA) is 37.4 Å². The summed E-state index contributed by atoms with van der Waals surface area (Å²) in [6, 6.07) is 5.08. The molecular weight excluding hydrogens is 250 g/mol. The van der Waals surface area contributed by atoms with Crippen molar-refractivity contribution in [1.29, 1.82) is 0 Å². The van der Waals surface area contributed by atoms with Crippen LogP contribution in [-0.4, -0.2) is 36.8 Å². The number of aromatic nitrogens is 1. The Labute approximate surface area is 121 Å². The summed E-state index contributed by atoms with van der Waals surface area (Å²) in [5.74, 6) is 1.07. The summed E-state index contributed by atoms with van der Waals surface area (Å²) < 4.78 is 5.65. The molecule has 1 aromatic rings. The number of nitrogens with one attached hydrogen (secondary N) is 1. The Morgan fingerprint density at radius 2 is 2.30 bits per heavy atom. The van der Waals surface area contributed by atoms with Crippen LogP contribution < -0.4 is 10.2 Å². The molecular formula is C16H25N3O. The van der Waals surface area contributed by atoms with E-state index in [-0.39, 0.29) is 5.60 Å². The molecule has 2 aliphatic rings. The number of piperidine rings is 1. The lowest BCUT2D eigenvalue weighted by molar-refractivity contribution is -0.00481. The third-order valence-electron chi connectivity index (χ3n) is 4.46. The molecule has 1 unspecified atom stereocenters. The second-order valence-electron chi connectivity index (χ2n) is 6.36. The molecule has 2 heterocycles. The van der Waals surface area contributed by atoms with Crippen LogP contribution in [0.1, 0.15) is 38.2 Å². The fraction of sp³-hybridized carbons (Fsp3) is 0.688. The van der Waals surface area contributed by atoms with Gasteiger partial charge in [0.2, 0.25) is 0 Å². The molecule has 0 bridgehead atoms. The lowest BCUT2D eigenvalue weighted by Gasteiger charge is -2.40. The zero-order valence-corrected chi connectivity index (χ0v) is 12.6. The number of pyridine rings is 1. The number of rotatable bonds is 5. The van der Waals surface area contributed by atoms with Crippen LogP contribution in [0.25, 0.3) is 0 Å². The lowest BCUT2D eigenvalue weighted by Crippen LogP contribution is -2.47. The van der Waals surface area contributed by atoms with Gasteiger partial charge in [0.1, 0.15) is 5.82 Å². The molecule has 0 amide bonds. The molecule has 1 N–H and O–H groups in total. The minimum absolute atomic E-state index is 0.0356. The van der Waals surface area contributed by atoms with Gasteiger partial charge in [-0.3, -0.25) is 0 Å². The molecule has 4 heteroatoms. The van der Waals surface area contributed by atoms with E-state index in [1.165, 1.54) is 18.4 Å². The SMILES string of the molecule is COC1(C)CCCN(c2ccc(CNC3CC3)cn2)C1. The number of ether oxygens (including phenoxy) is 1. The average Bonchev–Trinajstić information content (AvgIpc) is 3.30. The van der Waals surface area contributed by atoms with Gasteiger partial charge in [0.15, 0.2) is 0 Å². The van der Waals surface area contributed by atoms with Crippen molar-refractivity contribution in [3.8, 4) is 0 Å². The predicted octanol–water partition coefficient (Wildman–Crippen LogP) is 2.34. The first kappa shape index (κ1) is 13.8. The maximum absolute atomic E-state index is 5.65. The second-order valence-corrected chi connectivity index (χ2v) is 6.36. The average molecular weight is 275 g/mol. The molecule has 20 heavy (non-hydrogen) atoms. The third-order valence-corrected chi connectivity index (χ3v) is 4.46. The van der Waals surface area contributed by atoms with Crippen molar-refractivity contribution < 1.29 is 4.74 Å². The number of methoxy groups -OCH3 is 1. The summed E-state index contributed by atoms with van der Waals surface area (Å²) in [5, 5.41) is 3.52. The first-order valence-electron chi connectivity index (χ1n) is 7.67. The Balaban J connectivity index is 1.61. The number of anilines is 1. The highest BCUT2D eigenvalue weighted by Gasteiger charge is 2.31. The van der Waals surface area contributed by atoms with Crippen molar-refractivity contribution in [2.24, 2.45) is 0 Å². The molecule has 1 aliphatic heterocycles.